The molecular weight excluding hydrogens is 644 g/mol. The molecule has 0 unspecified atom stereocenters. The van der Waals surface area contributed by atoms with Gasteiger partial charge < -0.3 is 28.4 Å². The summed E-state index contributed by atoms with van der Waals surface area (Å²) in [4.78, 5) is 26.3. The second-order valence-corrected chi connectivity index (χ2v) is 13.0. The van der Waals surface area contributed by atoms with Crippen molar-refractivity contribution < 1.29 is 38.0 Å². The van der Waals surface area contributed by atoms with Crippen LogP contribution in [-0.4, -0.2) is 52.6 Å². The highest BCUT2D eigenvalue weighted by Gasteiger charge is 2.53. The Morgan fingerprint density at radius 2 is 0.784 bits per heavy atom. The molecule has 2 aliphatic carbocycles. The first-order valence-corrected chi connectivity index (χ1v) is 17.8. The summed E-state index contributed by atoms with van der Waals surface area (Å²) >= 11 is 0. The Morgan fingerprint density at radius 1 is 0.471 bits per heavy atom. The molecule has 51 heavy (non-hydrogen) atoms. The molecule has 2 aliphatic rings. The Balaban J connectivity index is 0.854. The van der Waals surface area contributed by atoms with E-state index in [0.29, 0.717) is 39.3 Å². The summed E-state index contributed by atoms with van der Waals surface area (Å²) in [5, 5.41) is 0. The van der Waals surface area contributed by atoms with Crippen molar-refractivity contribution in [3.05, 3.63) is 109 Å². The number of unbranched alkanes of at least 4 members (excludes halogenated alkanes) is 2. The van der Waals surface area contributed by atoms with E-state index in [0.717, 1.165) is 64.5 Å². The number of esters is 2. The number of fused-ring (bicyclic) bond motifs is 2. The van der Waals surface area contributed by atoms with Crippen molar-refractivity contribution in [3.8, 4) is 45.3 Å². The minimum atomic E-state index is -0.489. The number of hydrogen-bond donors (Lipinski definition) is 0. The first-order valence-electron chi connectivity index (χ1n) is 17.8. The van der Waals surface area contributed by atoms with E-state index in [1.165, 1.54) is 0 Å². The van der Waals surface area contributed by atoms with Crippen LogP contribution in [0.5, 0.6) is 23.0 Å². The molecule has 1 fully saturated rings. The number of ether oxygens (including phenoxy) is 6. The molecule has 0 heterocycles. The number of carbonyl (C=O) groups excluding carboxylic acids is 2. The van der Waals surface area contributed by atoms with E-state index in [9.17, 15) is 9.59 Å². The van der Waals surface area contributed by atoms with E-state index < -0.39 is 11.8 Å². The van der Waals surface area contributed by atoms with Gasteiger partial charge in [0.05, 0.1) is 52.5 Å². The van der Waals surface area contributed by atoms with Crippen LogP contribution < -0.4 is 18.9 Å². The van der Waals surface area contributed by atoms with Gasteiger partial charge in [-0.25, -0.2) is 0 Å². The largest absolute Gasteiger partial charge is 0.497 e. The van der Waals surface area contributed by atoms with Crippen molar-refractivity contribution in [3.63, 3.8) is 0 Å². The third-order valence-corrected chi connectivity index (χ3v) is 9.66. The Kier molecular flexibility index (Phi) is 12.3. The van der Waals surface area contributed by atoms with E-state index in [1.54, 1.807) is 14.2 Å². The number of hydrogen-bond acceptors (Lipinski definition) is 8. The highest BCUT2D eigenvalue weighted by atomic mass is 16.5. The number of benzene rings is 4. The molecule has 4 aromatic rings. The van der Waals surface area contributed by atoms with Crippen LogP contribution in [0.15, 0.2) is 109 Å². The molecular formula is C43H46O8. The highest BCUT2D eigenvalue weighted by molar-refractivity contribution is 5.84. The lowest BCUT2D eigenvalue weighted by atomic mass is 9.83. The quantitative estimate of drug-likeness (QED) is 0.0583. The molecule has 6 rings (SSSR count). The topological polar surface area (TPSA) is 89.5 Å². The maximum absolute atomic E-state index is 13.1. The monoisotopic (exact) mass is 690 g/mol. The van der Waals surface area contributed by atoms with Crippen molar-refractivity contribution in [2.75, 3.05) is 40.6 Å². The summed E-state index contributed by atoms with van der Waals surface area (Å²) in [6.07, 6.45) is 7.73. The van der Waals surface area contributed by atoms with Crippen molar-refractivity contribution in [1.29, 1.82) is 0 Å². The zero-order valence-electron chi connectivity index (χ0n) is 29.3. The van der Waals surface area contributed by atoms with Gasteiger partial charge in [-0.05, 0) is 115 Å². The third kappa shape index (κ3) is 9.31. The second kappa shape index (κ2) is 17.6. The first-order chi connectivity index (χ1) is 25.0. The summed E-state index contributed by atoms with van der Waals surface area (Å²) in [5.74, 6) is 1.69. The zero-order chi connectivity index (χ0) is 35.4. The van der Waals surface area contributed by atoms with Crippen molar-refractivity contribution >= 4 is 11.9 Å². The number of carbonyl (C=O) groups is 2. The van der Waals surface area contributed by atoms with Crippen LogP contribution in [0.3, 0.4) is 0 Å². The van der Waals surface area contributed by atoms with Gasteiger partial charge in [0, 0.05) is 0 Å². The summed E-state index contributed by atoms with van der Waals surface area (Å²) in [6, 6.07) is 31.8. The summed E-state index contributed by atoms with van der Waals surface area (Å²) in [7, 11) is 3.31. The molecule has 0 amide bonds. The fourth-order valence-corrected chi connectivity index (χ4v) is 6.85. The van der Waals surface area contributed by atoms with Crippen LogP contribution in [0.1, 0.15) is 32.1 Å². The van der Waals surface area contributed by atoms with Crippen LogP contribution in [-0.2, 0) is 19.1 Å². The van der Waals surface area contributed by atoms with Crippen LogP contribution in [0.4, 0.5) is 0 Å². The van der Waals surface area contributed by atoms with Gasteiger partial charge in [0.15, 0.2) is 0 Å². The van der Waals surface area contributed by atoms with Crippen LogP contribution in [0.2, 0.25) is 0 Å². The molecule has 0 saturated heterocycles. The van der Waals surface area contributed by atoms with Crippen molar-refractivity contribution in [2.45, 2.75) is 32.1 Å². The maximum Gasteiger partial charge on any atom is 0.310 e. The van der Waals surface area contributed by atoms with Gasteiger partial charge in [-0.3, -0.25) is 9.59 Å². The van der Waals surface area contributed by atoms with Crippen LogP contribution in [0.25, 0.3) is 22.3 Å². The molecule has 8 heteroatoms. The van der Waals surface area contributed by atoms with Gasteiger partial charge >= 0.3 is 11.9 Å². The Hall–Kier alpha value is -5.24. The van der Waals surface area contributed by atoms with E-state index >= 15 is 0 Å². The van der Waals surface area contributed by atoms with Gasteiger partial charge in [0.1, 0.15) is 23.0 Å². The average molecular weight is 691 g/mol. The predicted molar refractivity (Wildman–Crippen MR) is 196 cm³/mol. The number of methoxy groups -OCH3 is 2. The van der Waals surface area contributed by atoms with Crippen molar-refractivity contribution in [2.24, 2.45) is 23.7 Å². The lowest BCUT2D eigenvalue weighted by Crippen LogP contribution is -2.35. The molecule has 0 aromatic heterocycles. The molecule has 8 nitrogen and oxygen atoms in total. The van der Waals surface area contributed by atoms with Crippen molar-refractivity contribution in [1.82, 2.24) is 0 Å². The molecule has 0 radical (unpaired) electrons. The van der Waals surface area contributed by atoms with E-state index in [1.807, 2.05) is 97.1 Å². The summed E-state index contributed by atoms with van der Waals surface area (Å²) < 4.78 is 33.6. The van der Waals surface area contributed by atoms with Gasteiger partial charge in [-0.15, -0.1) is 0 Å². The summed E-state index contributed by atoms with van der Waals surface area (Å²) in [5.41, 5.74) is 4.42. The molecule has 0 N–H and O–H groups in total. The standard InChI is InChI=1S/C43H46O8/c1-46-36-17-9-30(10-18-36)32-13-21-38(22-14-32)48-25-3-5-27-50-42(44)40-34-7-8-35(29-34)41(40)43(45)51-28-6-4-26-49-39-23-15-33(16-24-39)31-11-19-37(47-2)20-12-31/h7-24,34-35,40-41H,3-6,25-29H2,1-2H3/t34-,35+,40-,41-/m1/s1. The van der Waals surface area contributed by atoms with Gasteiger partial charge in [0.2, 0.25) is 0 Å². The predicted octanol–water partition coefficient (Wildman–Crippen LogP) is 8.58. The highest BCUT2D eigenvalue weighted by Crippen LogP contribution is 2.49. The van der Waals surface area contributed by atoms with Gasteiger partial charge in [-0.2, -0.15) is 0 Å². The van der Waals surface area contributed by atoms with E-state index in [2.05, 4.69) is 12.2 Å². The number of allylic oxidation sites excluding steroid dienone is 2. The lowest BCUT2D eigenvalue weighted by Gasteiger charge is -2.25. The summed E-state index contributed by atoms with van der Waals surface area (Å²) in [6.45, 7) is 1.63. The minimum absolute atomic E-state index is 0.0220. The minimum Gasteiger partial charge on any atom is -0.497 e. The van der Waals surface area contributed by atoms with Crippen LogP contribution >= 0.6 is 0 Å². The Labute approximate surface area is 300 Å². The molecule has 2 bridgehead atoms. The first kappa shape index (κ1) is 35.6. The average Bonchev–Trinajstić information content (AvgIpc) is 3.81. The Morgan fingerprint density at radius 3 is 1.12 bits per heavy atom. The second-order valence-electron chi connectivity index (χ2n) is 13.0. The molecule has 4 aromatic carbocycles. The zero-order valence-corrected chi connectivity index (χ0v) is 29.3. The van der Waals surface area contributed by atoms with E-state index in [-0.39, 0.29) is 23.8 Å². The fourth-order valence-electron chi connectivity index (χ4n) is 6.85. The molecule has 0 aliphatic heterocycles. The molecule has 266 valence electrons. The molecule has 4 atom stereocenters. The molecule has 1 saturated carbocycles. The number of rotatable bonds is 18. The molecule has 0 spiro atoms. The normalized spacial score (nSPS) is 18.6. The Bertz CT molecular complexity index is 1600. The maximum atomic E-state index is 13.1. The fraction of sp³-hybridized carbons (Fsp3) is 0.349. The smallest absolute Gasteiger partial charge is 0.310 e. The van der Waals surface area contributed by atoms with Gasteiger partial charge in [-0.1, -0.05) is 60.7 Å². The van der Waals surface area contributed by atoms with E-state index in [4.69, 9.17) is 28.4 Å². The van der Waals surface area contributed by atoms with Gasteiger partial charge in [0.25, 0.3) is 0 Å². The van der Waals surface area contributed by atoms with Crippen LogP contribution in [0, 0.1) is 23.7 Å². The lowest BCUT2D eigenvalue weighted by molar-refractivity contribution is -0.161. The third-order valence-electron chi connectivity index (χ3n) is 9.66. The SMILES string of the molecule is COc1ccc(-c2ccc(OCCCCOC(=O)[C@H]3[C@H](C(=O)OCCCCOc4ccc(-c5ccc(OC)cc5)cc4)[C@H]4C=C[C@@H]3C4)cc2)cc1.